The molecule has 0 unspecified atom stereocenters. The molecule has 21 heavy (non-hydrogen) atoms. The summed E-state index contributed by atoms with van der Waals surface area (Å²) in [7, 11) is 3.72. The van der Waals surface area contributed by atoms with E-state index >= 15 is 0 Å². The molecule has 4 nitrogen and oxygen atoms in total. The van der Waals surface area contributed by atoms with Crippen LogP contribution in [0.1, 0.15) is 24.0 Å². The van der Waals surface area contributed by atoms with Gasteiger partial charge < -0.3 is 4.74 Å². The van der Waals surface area contributed by atoms with E-state index in [4.69, 9.17) is 16.3 Å². The molecule has 1 heterocycles. The molecule has 5 heteroatoms. The Morgan fingerprint density at radius 1 is 1.24 bits per heavy atom. The fraction of sp³-hybridized carbons (Fsp3) is 0.375. The first kappa shape index (κ1) is 15.7. The number of benzene rings is 1. The molecule has 0 amide bonds. The van der Waals surface area contributed by atoms with Crippen LogP contribution in [0.2, 0.25) is 5.02 Å². The third kappa shape index (κ3) is 4.41. The first-order valence-corrected chi connectivity index (χ1v) is 7.32. The lowest BCUT2D eigenvalue weighted by atomic mass is 10.2. The van der Waals surface area contributed by atoms with Crippen LogP contribution in [-0.4, -0.2) is 29.0 Å². The van der Waals surface area contributed by atoms with Gasteiger partial charge in [-0.3, -0.25) is 4.90 Å². The lowest BCUT2D eigenvalue weighted by molar-refractivity contribution is 0.306. The van der Waals surface area contributed by atoms with Crippen molar-refractivity contribution in [1.82, 2.24) is 14.9 Å². The number of hydrogen-bond acceptors (Lipinski definition) is 4. The van der Waals surface area contributed by atoms with Crippen LogP contribution in [0.25, 0.3) is 0 Å². The number of rotatable bonds is 6. The Balaban J connectivity index is 2.07. The van der Waals surface area contributed by atoms with Crippen molar-refractivity contribution in [3.63, 3.8) is 0 Å². The van der Waals surface area contributed by atoms with E-state index < -0.39 is 0 Å². The van der Waals surface area contributed by atoms with E-state index in [9.17, 15) is 0 Å². The highest BCUT2D eigenvalue weighted by molar-refractivity contribution is 6.30. The first-order valence-electron chi connectivity index (χ1n) is 6.94. The normalized spacial score (nSPS) is 10.9. The predicted molar refractivity (Wildman–Crippen MR) is 84.6 cm³/mol. The monoisotopic (exact) mass is 305 g/mol. The maximum Gasteiger partial charge on any atom is 0.128 e. The lowest BCUT2D eigenvalue weighted by Gasteiger charge is -2.18. The summed E-state index contributed by atoms with van der Waals surface area (Å²) in [4.78, 5) is 10.9. The summed E-state index contributed by atoms with van der Waals surface area (Å²) in [6, 6.07) is 7.62. The van der Waals surface area contributed by atoms with Gasteiger partial charge in [-0.2, -0.15) is 0 Å². The number of ether oxygens (including phenoxy) is 1. The Kier molecular flexibility index (Phi) is 5.53. The molecule has 0 saturated carbocycles. The smallest absolute Gasteiger partial charge is 0.128 e. The van der Waals surface area contributed by atoms with Gasteiger partial charge in [0.1, 0.15) is 11.6 Å². The standard InChI is InChI=1S/C16H20ClN3O/c1-4-16-18-8-7-14(19-16)11-20(2)10-12-9-13(17)5-6-15(12)21-3/h5-9H,4,10-11H2,1-3H3. The van der Waals surface area contributed by atoms with E-state index in [0.29, 0.717) is 0 Å². The quantitative estimate of drug-likeness (QED) is 0.820. The zero-order chi connectivity index (χ0) is 15.2. The molecule has 0 radical (unpaired) electrons. The van der Waals surface area contributed by atoms with E-state index in [1.54, 1.807) is 7.11 Å². The average molecular weight is 306 g/mol. The fourth-order valence-electron chi connectivity index (χ4n) is 2.19. The van der Waals surface area contributed by atoms with E-state index in [2.05, 4.69) is 21.8 Å². The molecule has 0 spiro atoms. The number of aromatic nitrogens is 2. The second kappa shape index (κ2) is 7.38. The van der Waals surface area contributed by atoms with E-state index in [-0.39, 0.29) is 0 Å². The molecule has 1 aromatic carbocycles. The summed E-state index contributed by atoms with van der Waals surface area (Å²) in [5.74, 6) is 1.73. The Morgan fingerprint density at radius 3 is 2.76 bits per heavy atom. The second-order valence-electron chi connectivity index (χ2n) is 4.95. The summed E-state index contributed by atoms with van der Waals surface area (Å²) in [6.07, 6.45) is 2.66. The summed E-state index contributed by atoms with van der Waals surface area (Å²) in [5, 5.41) is 0.717. The van der Waals surface area contributed by atoms with Crippen molar-refractivity contribution in [3.8, 4) is 5.75 Å². The van der Waals surface area contributed by atoms with Crippen LogP contribution in [-0.2, 0) is 19.5 Å². The number of hydrogen-bond donors (Lipinski definition) is 0. The maximum absolute atomic E-state index is 6.06. The third-order valence-electron chi connectivity index (χ3n) is 3.19. The Labute approximate surface area is 130 Å². The minimum atomic E-state index is 0.717. The van der Waals surface area contributed by atoms with Gasteiger partial charge >= 0.3 is 0 Å². The van der Waals surface area contributed by atoms with Crippen molar-refractivity contribution < 1.29 is 4.74 Å². The highest BCUT2D eigenvalue weighted by Gasteiger charge is 2.09. The van der Waals surface area contributed by atoms with Crippen LogP contribution < -0.4 is 4.74 Å². The Morgan fingerprint density at radius 2 is 2.05 bits per heavy atom. The topological polar surface area (TPSA) is 38.2 Å². The predicted octanol–water partition coefficient (Wildman–Crippen LogP) is 3.33. The van der Waals surface area contributed by atoms with E-state index in [0.717, 1.165) is 47.4 Å². The van der Waals surface area contributed by atoms with Crippen LogP contribution >= 0.6 is 11.6 Å². The van der Waals surface area contributed by atoms with Crippen LogP contribution in [0.15, 0.2) is 30.5 Å². The van der Waals surface area contributed by atoms with Crippen LogP contribution in [0.5, 0.6) is 5.75 Å². The van der Waals surface area contributed by atoms with Crippen molar-refractivity contribution in [1.29, 1.82) is 0 Å². The van der Waals surface area contributed by atoms with Gasteiger partial charge in [-0.15, -0.1) is 0 Å². The molecule has 0 bridgehead atoms. The number of aryl methyl sites for hydroxylation is 1. The molecule has 0 N–H and O–H groups in total. The minimum absolute atomic E-state index is 0.717. The highest BCUT2D eigenvalue weighted by Crippen LogP contribution is 2.24. The molecular formula is C16H20ClN3O. The zero-order valence-electron chi connectivity index (χ0n) is 12.6. The van der Waals surface area contributed by atoms with Gasteiger partial charge in [0.15, 0.2) is 0 Å². The van der Waals surface area contributed by atoms with Crippen molar-refractivity contribution in [2.75, 3.05) is 14.2 Å². The van der Waals surface area contributed by atoms with Crippen molar-refractivity contribution >= 4 is 11.6 Å². The Bertz CT molecular complexity index is 604. The number of halogens is 1. The van der Waals surface area contributed by atoms with Gasteiger partial charge in [-0.25, -0.2) is 9.97 Å². The Hall–Kier alpha value is -1.65. The van der Waals surface area contributed by atoms with Gasteiger partial charge in [0.2, 0.25) is 0 Å². The number of methoxy groups -OCH3 is 1. The molecule has 0 atom stereocenters. The first-order chi connectivity index (χ1) is 10.1. The van der Waals surface area contributed by atoms with Gasteiger partial charge in [0, 0.05) is 36.3 Å². The zero-order valence-corrected chi connectivity index (χ0v) is 13.4. The minimum Gasteiger partial charge on any atom is -0.496 e. The summed E-state index contributed by atoms with van der Waals surface area (Å²) in [6.45, 7) is 3.56. The van der Waals surface area contributed by atoms with Gasteiger partial charge in [0.25, 0.3) is 0 Å². The molecular weight excluding hydrogens is 286 g/mol. The molecule has 112 valence electrons. The highest BCUT2D eigenvalue weighted by atomic mass is 35.5. The van der Waals surface area contributed by atoms with Gasteiger partial charge in [-0.1, -0.05) is 18.5 Å². The summed E-state index contributed by atoms with van der Waals surface area (Å²) in [5.41, 5.74) is 2.09. The molecule has 0 aliphatic rings. The van der Waals surface area contributed by atoms with Crippen molar-refractivity contribution in [2.24, 2.45) is 0 Å². The molecule has 2 aromatic rings. The van der Waals surface area contributed by atoms with Crippen molar-refractivity contribution in [2.45, 2.75) is 26.4 Å². The van der Waals surface area contributed by atoms with Crippen LogP contribution in [0.4, 0.5) is 0 Å². The molecule has 0 saturated heterocycles. The SMILES string of the molecule is CCc1nccc(CN(C)Cc2cc(Cl)ccc2OC)n1. The van der Waals surface area contributed by atoms with Crippen LogP contribution in [0.3, 0.4) is 0 Å². The summed E-state index contributed by atoms with van der Waals surface area (Å²) < 4.78 is 5.38. The third-order valence-corrected chi connectivity index (χ3v) is 3.43. The molecule has 0 aliphatic carbocycles. The fourth-order valence-corrected chi connectivity index (χ4v) is 2.39. The van der Waals surface area contributed by atoms with E-state index in [1.807, 2.05) is 37.5 Å². The molecule has 1 aromatic heterocycles. The molecule has 2 rings (SSSR count). The summed E-state index contributed by atoms with van der Waals surface area (Å²) >= 11 is 6.06. The largest absolute Gasteiger partial charge is 0.496 e. The lowest BCUT2D eigenvalue weighted by Crippen LogP contribution is -2.19. The molecule has 0 fully saturated rings. The molecule has 0 aliphatic heterocycles. The van der Waals surface area contributed by atoms with Gasteiger partial charge in [-0.05, 0) is 31.3 Å². The van der Waals surface area contributed by atoms with Gasteiger partial charge in [0.05, 0.1) is 12.8 Å². The number of nitrogens with zero attached hydrogens (tertiary/aromatic N) is 3. The van der Waals surface area contributed by atoms with Crippen molar-refractivity contribution in [3.05, 3.63) is 52.6 Å². The average Bonchev–Trinajstić information content (AvgIpc) is 2.47. The van der Waals surface area contributed by atoms with Crippen LogP contribution in [0, 0.1) is 0 Å². The van der Waals surface area contributed by atoms with E-state index in [1.165, 1.54) is 0 Å². The second-order valence-corrected chi connectivity index (χ2v) is 5.38. The maximum atomic E-state index is 6.06.